The van der Waals surface area contributed by atoms with E-state index in [9.17, 15) is 9.90 Å². The van der Waals surface area contributed by atoms with Gasteiger partial charge in [-0.25, -0.2) is 0 Å². The Bertz CT molecular complexity index is 1120. The topological polar surface area (TPSA) is 83.5 Å². The van der Waals surface area contributed by atoms with E-state index >= 15 is 0 Å². The molecule has 0 radical (unpaired) electrons. The molecule has 0 amide bonds. The summed E-state index contributed by atoms with van der Waals surface area (Å²) in [7, 11) is -2.19. The van der Waals surface area contributed by atoms with Crippen molar-refractivity contribution in [2.24, 2.45) is 0 Å². The maximum absolute atomic E-state index is 11.9. The molecule has 2 heterocycles. The van der Waals surface area contributed by atoms with Gasteiger partial charge in [0.05, 0.1) is 50.2 Å². The van der Waals surface area contributed by atoms with Gasteiger partial charge in [-0.1, -0.05) is 81.4 Å². The highest BCUT2D eigenvalue weighted by Crippen LogP contribution is 2.46. The molecule has 0 aromatic heterocycles. The van der Waals surface area contributed by atoms with Gasteiger partial charge in [-0.3, -0.25) is 4.79 Å². The highest BCUT2D eigenvalue weighted by molar-refractivity contribution is 6.74. The summed E-state index contributed by atoms with van der Waals surface area (Å²) in [5.74, 6) is -0.891. The second-order valence-electron chi connectivity index (χ2n) is 13.5. The smallest absolute Gasteiger partial charge is 0.306 e. The van der Waals surface area contributed by atoms with E-state index in [2.05, 4.69) is 58.1 Å². The van der Waals surface area contributed by atoms with Crippen LogP contribution >= 0.6 is 0 Å². The Kier molecular flexibility index (Phi) is 11.1. The number of fused-ring (bicyclic) bond motifs is 1. The molecule has 7 nitrogen and oxygen atoms in total. The minimum absolute atomic E-state index is 0.0153. The van der Waals surface area contributed by atoms with Gasteiger partial charge in [-0.05, 0) is 49.0 Å². The van der Waals surface area contributed by atoms with Crippen LogP contribution in [0.4, 0.5) is 0 Å². The predicted molar refractivity (Wildman–Crippen MR) is 166 cm³/mol. The van der Waals surface area contributed by atoms with Crippen LogP contribution in [0.1, 0.15) is 70.9 Å². The van der Waals surface area contributed by atoms with Gasteiger partial charge in [0.15, 0.2) is 8.32 Å². The van der Waals surface area contributed by atoms with E-state index in [0.717, 1.165) is 18.4 Å². The minimum atomic E-state index is -2.19. The lowest BCUT2D eigenvalue weighted by atomic mass is 9.78. The maximum atomic E-state index is 11.9. The number of hydrogen-bond donors (Lipinski definition) is 1. The largest absolute Gasteiger partial charge is 0.481 e. The van der Waals surface area contributed by atoms with Crippen LogP contribution in [-0.4, -0.2) is 62.1 Å². The Balaban J connectivity index is 1.48. The van der Waals surface area contributed by atoms with Crippen molar-refractivity contribution in [3.63, 3.8) is 0 Å². The maximum Gasteiger partial charge on any atom is 0.306 e. The molecule has 0 unspecified atom stereocenters. The molecule has 6 atom stereocenters. The fourth-order valence-electron chi connectivity index (χ4n) is 5.70. The molecule has 0 aliphatic carbocycles. The first-order chi connectivity index (χ1) is 19.9. The average molecular weight is 599 g/mol. The summed E-state index contributed by atoms with van der Waals surface area (Å²) in [5, 5.41) is 9.78. The summed E-state index contributed by atoms with van der Waals surface area (Å²) in [6.07, 6.45) is 1.37. The van der Waals surface area contributed by atoms with Crippen molar-refractivity contribution in [3.05, 3.63) is 71.8 Å². The van der Waals surface area contributed by atoms with Crippen LogP contribution < -0.4 is 0 Å². The van der Waals surface area contributed by atoms with Gasteiger partial charge in [-0.2, -0.15) is 0 Å². The molecule has 2 aromatic rings. The monoisotopic (exact) mass is 598 g/mol. The van der Waals surface area contributed by atoms with E-state index in [0.29, 0.717) is 32.7 Å². The van der Waals surface area contributed by atoms with Crippen LogP contribution in [0.25, 0.3) is 0 Å². The second-order valence-corrected chi connectivity index (χ2v) is 18.3. The first-order valence-electron chi connectivity index (χ1n) is 15.4. The Morgan fingerprint density at radius 1 is 1.00 bits per heavy atom. The van der Waals surface area contributed by atoms with Crippen molar-refractivity contribution in [1.29, 1.82) is 0 Å². The Morgan fingerprint density at radius 2 is 1.62 bits per heavy atom. The molecule has 8 heteroatoms. The number of aliphatic carboxylic acids is 1. The van der Waals surface area contributed by atoms with Crippen LogP contribution in [-0.2, 0) is 41.4 Å². The van der Waals surface area contributed by atoms with Gasteiger partial charge in [0, 0.05) is 19.4 Å². The highest BCUT2D eigenvalue weighted by atomic mass is 28.4. The predicted octanol–water partition coefficient (Wildman–Crippen LogP) is 7.14. The zero-order chi connectivity index (χ0) is 30.4. The number of carboxylic acid groups (broad SMARTS) is 1. The van der Waals surface area contributed by atoms with Crippen molar-refractivity contribution in [2.75, 3.05) is 6.61 Å². The zero-order valence-corrected chi connectivity index (χ0v) is 27.2. The lowest BCUT2D eigenvalue weighted by molar-refractivity contribution is -0.306. The molecule has 232 valence electrons. The second kappa shape index (κ2) is 14.1. The first-order valence-corrected chi connectivity index (χ1v) is 18.3. The third-order valence-electron chi connectivity index (χ3n) is 9.23. The van der Waals surface area contributed by atoms with Crippen molar-refractivity contribution < 1.29 is 33.3 Å². The Labute approximate surface area is 253 Å². The van der Waals surface area contributed by atoms with Crippen molar-refractivity contribution in [1.82, 2.24) is 0 Å². The van der Waals surface area contributed by atoms with Gasteiger partial charge in [0.2, 0.25) is 0 Å². The Morgan fingerprint density at radius 3 is 2.21 bits per heavy atom. The van der Waals surface area contributed by atoms with Gasteiger partial charge >= 0.3 is 5.97 Å². The molecule has 1 N–H and O–H groups in total. The molecular formula is C34H50O7Si. The number of carboxylic acids is 1. The molecule has 0 saturated carbocycles. The fourth-order valence-corrected chi connectivity index (χ4v) is 7.06. The number of benzene rings is 2. The summed E-state index contributed by atoms with van der Waals surface area (Å²) in [4.78, 5) is 11.9. The van der Waals surface area contributed by atoms with Crippen LogP contribution in [0.3, 0.4) is 0 Å². The molecule has 4 rings (SSSR count). The molecule has 0 bridgehead atoms. The highest BCUT2D eigenvalue weighted by Gasteiger charge is 2.57. The lowest BCUT2D eigenvalue weighted by Gasteiger charge is -2.56. The third kappa shape index (κ3) is 8.52. The first kappa shape index (κ1) is 32.8. The summed E-state index contributed by atoms with van der Waals surface area (Å²) in [6.45, 7) is 14.7. The molecule has 0 spiro atoms. The van der Waals surface area contributed by atoms with Gasteiger partial charge < -0.3 is 28.5 Å². The molecule has 2 aliphatic heterocycles. The van der Waals surface area contributed by atoms with Crippen LogP contribution in [0.15, 0.2) is 60.7 Å². The van der Waals surface area contributed by atoms with E-state index in [1.54, 1.807) is 0 Å². The molecule has 2 aliphatic rings. The quantitative estimate of drug-likeness (QED) is 0.194. The fraction of sp³-hybridized carbons (Fsp3) is 0.618. The van der Waals surface area contributed by atoms with E-state index in [1.807, 2.05) is 43.3 Å². The summed E-state index contributed by atoms with van der Waals surface area (Å²) in [6, 6.07) is 20.3. The number of ether oxygens (including phenoxy) is 4. The summed E-state index contributed by atoms with van der Waals surface area (Å²) < 4.78 is 32.8. The third-order valence-corrected chi connectivity index (χ3v) is 13.7. The van der Waals surface area contributed by atoms with E-state index in [1.165, 1.54) is 5.56 Å². The van der Waals surface area contributed by atoms with E-state index < -0.39 is 26.0 Å². The van der Waals surface area contributed by atoms with Gasteiger partial charge in [0.1, 0.15) is 5.60 Å². The van der Waals surface area contributed by atoms with Gasteiger partial charge in [0.25, 0.3) is 0 Å². The minimum Gasteiger partial charge on any atom is -0.481 e. The Hall–Kier alpha value is -2.07. The molecular weight excluding hydrogens is 548 g/mol. The number of rotatable bonds is 13. The molecule has 2 aromatic carbocycles. The van der Waals surface area contributed by atoms with E-state index in [-0.39, 0.29) is 35.9 Å². The molecule has 42 heavy (non-hydrogen) atoms. The van der Waals surface area contributed by atoms with Crippen molar-refractivity contribution in [2.45, 2.75) is 127 Å². The summed E-state index contributed by atoms with van der Waals surface area (Å²) >= 11 is 0. The van der Waals surface area contributed by atoms with E-state index in [4.69, 9.17) is 23.4 Å². The van der Waals surface area contributed by atoms with Gasteiger partial charge in [-0.15, -0.1) is 0 Å². The summed E-state index contributed by atoms with van der Waals surface area (Å²) in [5.41, 5.74) is 1.47. The standard InChI is InChI=1S/C34H50O7Si/c1-33(2,3)42(5,6)41-29-21-31-34(4,40-28(29)22-32(35)36)30(38-24-26-16-11-8-12-17-26)20-27(39-31)18-13-19-37-23-25-14-9-7-10-15-25/h7-12,14-17,27-31H,13,18-24H2,1-6H3,(H,35,36)/t27-,28-,29+,30+,31-,34+/m1/s1. The van der Waals surface area contributed by atoms with Crippen LogP contribution in [0, 0.1) is 0 Å². The number of hydrogen-bond acceptors (Lipinski definition) is 6. The normalized spacial score (nSPS) is 28.3. The lowest BCUT2D eigenvalue weighted by Crippen LogP contribution is -2.67. The molecule has 2 saturated heterocycles. The average Bonchev–Trinajstić information content (AvgIpc) is 2.92. The van der Waals surface area contributed by atoms with Crippen LogP contribution in [0.5, 0.6) is 0 Å². The van der Waals surface area contributed by atoms with Crippen molar-refractivity contribution >= 4 is 14.3 Å². The van der Waals surface area contributed by atoms with Crippen molar-refractivity contribution in [3.8, 4) is 0 Å². The SMILES string of the molecule is CC(C)(C)[Si](C)(C)O[C@H]1C[C@H]2O[C@H](CCCOCc3ccccc3)C[C@H](OCc3ccccc3)[C@]2(C)O[C@@H]1CC(=O)O. The zero-order valence-electron chi connectivity index (χ0n) is 26.2. The van der Waals surface area contributed by atoms with Crippen LogP contribution in [0.2, 0.25) is 18.1 Å². The molecule has 2 fully saturated rings. The number of carbonyl (C=O) groups is 1.